The molecule has 120 valence electrons. The monoisotopic (exact) mass is 329 g/mol. The van der Waals surface area contributed by atoms with Gasteiger partial charge < -0.3 is 14.6 Å². The Morgan fingerprint density at radius 2 is 2.00 bits per heavy atom. The average molecular weight is 329 g/mol. The minimum Gasteiger partial charge on any atom is -0.471 e. The Kier molecular flexibility index (Phi) is 5.94. The Morgan fingerprint density at radius 1 is 1.30 bits per heavy atom. The van der Waals surface area contributed by atoms with Crippen molar-refractivity contribution in [1.82, 2.24) is 9.97 Å². The fraction of sp³-hybridized carbons (Fsp3) is 0.176. The molecule has 0 aliphatic heterocycles. The van der Waals surface area contributed by atoms with E-state index in [0.29, 0.717) is 6.47 Å². The number of nitrogens with zero attached hydrogens (tertiary/aromatic N) is 2. The molecule has 0 atom stereocenters. The van der Waals surface area contributed by atoms with E-state index in [4.69, 9.17) is 9.78 Å². The molecule has 0 aliphatic rings. The van der Waals surface area contributed by atoms with E-state index in [1.807, 2.05) is 38.4 Å². The number of rotatable bonds is 4. The van der Waals surface area contributed by atoms with Crippen molar-refractivity contribution in [3.05, 3.63) is 53.7 Å². The van der Waals surface area contributed by atoms with Crippen molar-refractivity contribution in [2.24, 2.45) is 0 Å². The van der Waals surface area contributed by atoms with Crippen molar-refractivity contribution in [3.63, 3.8) is 0 Å². The molecule has 2 heterocycles. The molecule has 0 saturated carbocycles. The molecule has 0 radical (unpaired) electrons. The van der Waals surface area contributed by atoms with Gasteiger partial charge in [-0.15, -0.1) is 11.3 Å². The van der Waals surface area contributed by atoms with E-state index < -0.39 is 0 Å². The number of hydrogen-bond acceptors (Lipinski definition) is 5. The zero-order valence-corrected chi connectivity index (χ0v) is 14.1. The van der Waals surface area contributed by atoms with E-state index in [-0.39, 0.29) is 0 Å². The molecule has 0 unspecified atom stereocenters. The summed E-state index contributed by atoms with van der Waals surface area (Å²) < 4.78 is 3.86. The lowest BCUT2D eigenvalue weighted by atomic mass is 10.2. The maximum atomic E-state index is 8.95. The van der Waals surface area contributed by atoms with Gasteiger partial charge in [0.2, 0.25) is 0 Å². The minimum atomic E-state index is 0.375. The number of methoxy groups -OCH3 is 1. The van der Waals surface area contributed by atoms with Crippen molar-refractivity contribution in [1.29, 1.82) is 0 Å². The Hall–Kier alpha value is -2.60. The lowest BCUT2D eigenvalue weighted by Gasteiger charge is -2.15. The van der Waals surface area contributed by atoms with Gasteiger partial charge in [-0.1, -0.05) is 18.2 Å². The molecule has 0 fully saturated rings. The molecule has 2 aromatic heterocycles. The standard InChI is InChI=1S/C15H15N3S.C2H4O2/c1-11-8-12(9-16-11)14-10-19-15(17-14)18(2)13-6-4-3-5-7-13;1-4-2-3/h3-10,16H,1-2H3;2H,1H3. The van der Waals surface area contributed by atoms with Crippen molar-refractivity contribution in [3.8, 4) is 11.3 Å². The molecular weight excluding hydrogens is 310 g/mol. The van der Waals surface area contributed by atoms with Gasteiger partial charge in [-0.2, -0.15) is 0 Å². The number of thiazole rings is 1. The van der Waals surface area contributed by atoms with Crippen molar-refractivity contribution in [2.75, 3.05) is 19.1 Å². The first-order chi connectivity index (χ1) is 11.2. The summed E-state index contributed by atoms with van der Waals surface area (Å²) in [5.41, 5.74) is 4.46. The molecule has 23 heavy (non-hydrogen) atoms. The molecule has 6 heteroatoms. The number of H-pyrrole nitrogens is 1. The van der Waals surface area contributed by atoms with E-state index in [0.717, 1.165) is 27.8 Å². The van der Waals surface area contributed by atoms with Crippen LogP contribution >= 0.6 is 11.3 Å². The van der Waals surface area contributed by atoms with Crippen LogP contribution in [0, 0.1) is 6.92 Å². The van der Waals surface area contributed by atoms with Crippen LogP contribution in [0.5, 0.6) is 0 Å². The fourth-order valence-electron chi connectivity index (χ4n) is 1.97. The second kappa shape index (κ2) is 8.14. The van der Waals surface area contributed by atoms with Gasteiger partial charge in [0.15, 0.2) is 5.13 Å². The third-order valence-electron chi connectivity index (χ3n) is 3.14. The van der Waals surface area contributed by atoms with Crippen molar-refractivity contribution in [2.45, 2.75) is 6.92 Å². The van der Waals surface area contributed by atoms with E-state index in [1.165, 1.54) is 7.11 Å². The Labute approximate surface area is 139 Å². The highest BCUT2D eigenvalue weighted by molar-refractivity contribution is 7.14. The molecule has 0 spiro atoms. The molecule has 1 aromatic carbocycles. The maximum absolute atomic E-state index is 8.95. The van der Waals surface area contributed by atoms with Crippen LogP contribution in [-0.2, 0) is 9.53 Å². The summed E-state index contributed by atoms with van der Waals surface area (Å²) in [7, 11) is 3.35. The Morgan fingerprint density at radius 3 is 2.57 bits per heavy atom. The smallest absolute Gasteiger partial charge is 0.292 e. The summed E-state index contributed by atoms with van der Waals surface area (Å²) in [4.78, 5) is 18.9. The first kappa shape index (κ1) is 16.8. The molecule has 0 saturated heterocycles. The number of carbonyl (C=O) groups excluding carboxylic acids is 1. The normalized spacial score (nSPS) is 9.70. The average Bonchev–Trinajstić information content (AvgIpc) is 3.24. The molecule has 0 aliphatic carbocycles. The summed E-state index contributed by atoms with van der Waals surface area (Å²) in [6.07, 6.45) is 2.00. The molecular formula is C17H19N3O2S. The highest BCUT2D eigenvalue weighted by atomic mass is 32.1. The van der Waals surface area contributed by atoms with Gasteiger partial charge in [-0.25, -0.2) is 4.98 Å². The van der Waals surface area contributed by atoms with E-state index in [1.54, 1.807) is 11.3 Å². The van der Waals surface area contributed by atoms with Gasteiger partial charge in [0, 0.05) is 35.6 Å². The molecule has 1 N–H and O–H groups in total. The first-order valence-corrected chi connectivity index (χ1v) is 7.89. The fourth-order valence-corrected chi connectivity index (χ4v) is 2.79. The van der Waals surface area contributed by atoms with E-state index in [2.05, 4.69) is 38.2 Å². The van der Waals surface area contributed by atoms with Crippen LogP contribution in [0.2, 0.25) is 0 Å². The first-order valence-electron chi connectivity index (χ1n) is 7.02. The van der Waals surface area contributed by atoms with Gasteiger partial charge in [-0.05, 0) is 25.1 Å². The molecule has 3 aromatic rings. The predicted molar refractivity (Wildman–Crippen MR) is 94.2 cm³/mol. The number of hydrogen-bond donors (Lipinski definition) is 1. The highest BCUT2D eigenvalue weighted by Crippen LogP contribution is 2.30. The third-order valence-corrected chi connectivity index (χ3v) is 4.06. The van der Waals surface area contributed by atoms with Crippen LogP contribution in [-0.4, -0.2) is 30.6 Å². The summed E-state index contributed by atoms with van der Waals surface area (Å²) >= 11 is 1.66. The highest BCUT2D eigenvalue weighted by Gasteiger charge is 2.10. The number of para-hydroxylation sites is 1. The summed E-state index contributed by atoms with van der Waals surface area (Å²) in [5.74, 6) is 0. The number of aryl methyl sites for hydroxylation is 1. The Bertz CT molecular complexity index is 737. The molecule has 0 amide bonds. The lowest BCUT2D eigenvalue weighted by molar-refractivity contribution is -0.126. The third kappa shape index (κ3) is 4.43. The second-order valence-electron chi connectivity index (χ2n) is 4.81. The number of anilines is 2. The predicted octanol–water partition coefficient (Wildman–Crippen LogP) is 4.00. The summed E-state index contributed by atoms with van der Waals surface area (Å²) in [5, 5.41) is 3.09. The Balaban J connectivity index is 0.000000433. The number of carbonyl (C=O) groups is 1. The second-order valence-corrected chi connectivity index (χ2v) is 5.65. The van der Waals surface area contributed by atoms with E-state index in [9.17, 15) is 0 Å². The number of aromatic nitrogens is 2. The van der Waals surface area contributed by atoms with Crippen LogP contribution in [0.4, 0.5) is 10.8 Å². The molecule has 5 nitrogen and oxygen atoms in total. The van der Waals surface area contributed by atoms with Crippen LogP contribution in [0.15, 0.2) is 48.0 Å². The minimum absolute atomic E-state index is 0.375. The number of aromatic amines is 1. The SMILES string of the molecule is COC=O.Cc1cc(-c2csc(N(C)c3ccccc3)n2)c[nH]1. The zero-order valence-electron chi connectivity index (χ0n) is 13.3. The van der Waals surface area contributed by atoms with Gasteiger partial charge >= 0.3 is 0 Å². The van der Waals surface area contributed by atoms with Crippen LogP contribution in [0.3, 0.4) is 0 Å². The molecule has 0 bridgehead atoms. The van der Waals surface area contributed by atoms with Crippen LogP contribution in [0.25, 0.3) is 11.3 Å². The van der Waals surface area contributed by atoms with Gasteiger partial charge in [-0.3, -0.25) is 4.79 Å². The van der Waals surface area contributed by atoms with Crippen LogP contribution < -0.4 is 4.90 Å². The topological polar surface area (TPSA) is 58.2 Å². The molecule has 3 rings (SSSR count). The van der Waals surface area contributed by atoms with E-state index >= 15 is 0 Å². The van der Waals surface area contributed by atoms with Gasteiger partial charge in [0.25, 0.3) is 6.47 Å². The number of ether oxygens (including phenoxy) is 1. The van der Waals surface area contributed by atoms with Crippen molar-refractivity contribution < 1.29 is 9.53 Å². The van der Waals surface area contributed by atoms with Crippen LogP contribution in [0.1, 0.15) is 5.69 Å². The lowest BCUT2D eigenvalue weighted by Crippen LogP contribution is -2.08. The number of nitrogens with one attached hydrogen (secondary N) is 1. The zero-order chi connectivity index (χ0) is 16.7. The van der Waals surface area contributed by atoms with Crippen molar-refractivity contribution >= 4 is 28.6 Å². The summed E-state index contributed by atoms with van der Waals surface area (Å²) in [6, 6.07) is 12.4. The quantitative estimate of drug-likeness (QED) is 0.735. The van der Waals surface area contributed by atoms with Gasteiger partial charge in [0.1, 0.15) is 0 Å². The maximum Gasteiger partial charge on any atom is 0.292 e. The summed E-state index contributed by atoms with van der Waals surface area (Å²) in [6.45, 7) is 2.42. The van der Waals surface area contributed by atoms with Gasteiger partial charge in [0.05, 0.1) is 12.8 Å². The largest absolute Gasteiger partial charge is 0.471 e. The number of benzene rings is 1.